The van der Waals surface area contributed by atoms with Crippen LogP contribution in [0.15, 0.2) is 96.8 Å². The number of aromatic nitrogens is 1. The van der Waals surface area contributed by atoms with E-state index in [1.807, 2.05) is 37.3 Å². The number of nitrogens with zero attached hydrogens (tertiary/aromatic N) is 2. The molecular formula is C31H24Cl2N2O4. The van der Waals surface area contributed by atoms with E-state index in [0.717, 1.165) is 16.7 Å². The Morgan fingerprint density at radius 1 is 0.974 bits per heavy atom. The van der Waals surface area contributed by atoms with Crippen molar-refractivity contribution in [1.29, 1.82) is 0 Å². The Hall–Kier alpha value is -4.13. The van der Waals surface area contributed by atoms with Crippen molar-refractivity contribution in [2.24, 2.45) is 0 Å². The molecule has 0 aliphatic carbocycles. The highest BCUT2D eigenvalue weighted by Gasteiger charge is 2.46. The van der Waals surface area contributed by atoms with Gasteiger partial charge in [0.1, 0.15) is 18.1 Å². The van der Waals surface area contributed by atoms with Crippen molar-refractivity contribution in [3.63, 3.8) is 0 Å². The van der Waals surface area contributed by atoms with Gasteiger partial charge in [0.05, 0.1) is 21.7 Å². The molecule has 4 aromatic rings. The maximum Gasteiger partial charge on any atom is 0.295 e. The molecule has 2 heterocycles. The molecule has 0 spiro atoms. The Balaban J connectivity index is 1.49. The first kappa shape index (κ1) is 26.5. The SMILES string of the molecule is Cc1ccccc1COc1ccc(/C(O)=C2\C(=O)C(=O)N(Cc3cccnc3)C2c2ccc(Cl)c(Cl)c2)cc1. The lowest BCUT2D eigenvalue weighted by Gasteiger charge is -2.25. The first-order valence-corrected chi connectivity index (χ1v) is 13.0. The summed E-state index contributed by atoms with van der Waals surface area (Å²) in [6, 6.07) is 22.3. The third-order valence-electron chi connectivity index (χ3n) is 6.66. The predicted molar refractivity (Wildman–Crippen MR) is 150 cm³/mol. The number of pyridine rings is 1. The molecule has 0 saturated carbocycles. The standard InChI is InChI=1S/C31H24Cl2N2O4/c1-19-5-2-3-7-23(19)18-39-24-11-8-21(9-12-24)29(36)27-28(22-10-13-25(32)26(33)15-22)35(31(38)30(27)37)17-20-6-4-14-34-16-20/h2-16,28,36H,17-18H2,1H3/b29-27+. The third kappa shape index (κ3) is 5.53. The number of likely N-dealkylation sites (tertiary alicyclic amines) is 1. The highest BCUT2D eigenvalue weighted by Crippen LogP contribution is 2.41. The van der Waals surface area contributed by atoms with Crippen LogP contribution in [0.4, 0.5) is 0 Å². The zero-order chi connectivity index (χ0) is 27.5. The van der Waals surface area contributed by atoms with Crippen LogP contribution < -0.4 is 4.74 Å². The summed E-state index contributed by atoms with van der Waals surface area (Å²) in [4.78, 5) is 32.0. The monoisotopic (exact) mass is 558 g/mol. The van der Waals surface area contributed by atoms with Crippen molar-refractivity contribution >= 4 is 40.7 Å². The number of ether oxygens (including phenoxy) is 1. The number of aryl methyl sites for hydroxylation is 1. The summed E-state index contributed by atoms with van der Waals surface area (Å²) >= 11 is 12.4. The number of aliphatic hydroxyl groups excluding tert-OH is 1. The second-order valence-electron chi connectivity index (χ2n) is 9.20. The molecule has 1 atom stereocenters. The molecule has 3 aromatic carbocycles. The number of amides is 1. The minimum absolute atomic E-state index is 0.0316. The minimum atomic E-state index is -0.878. The van der Waals surface area contributed by atoms with Gasteiger partial charge in [-0.05, 0) is 71.6 Å². The Labute approximate surface area is 236 Å². The highest BCUT2D eigenvalue weighted by atomic mass is 35.5. The summed E-state index contributed by atoms with van der Waals surface area (Å²) in [5.41, 5.74) is 3.83. The summed E-state index contributed by atoms with van der Waals surface area (Å²) in [5.74, 6) is -1.20. The zero-order valence-electron chi connectivity index (χ0n) is 21.0. The highest BCUT2D eigenvalue weighted by molar-refractivity contribution is 6.46. The number of aliphatic hydroxyl groups is 1. The molecule has 6 nitrogen and oxygen atoms in total. The van der Waals surface area contributed by atoms with Crippen molar-refractivity contribution in [1.82, 2.24) is 9.88 Å². The summed E-state index contributed by atoms with van der Waals surface area (Å²) in [6.07, 6.45) is 3.25. The molecule has 39 heavy (non-hydrogen) atoms. The number of rotatable bonds is 7. The van der Waals surface area contributed by atoms with Crippen molar-refractivity contribution < 1.29 is 19.4 Å². The van der Waals surface area contributed by atoms with Crippen molar-refractivity contribution in [2.75, 3.05) is 0 Å². The molecule has 1 unspecified atom stereocenters. The first-order chi connectivity index (χ1) is 18.8. The van der Waals surface area contributed by atoms with Gasteiger partial charge in [-0.2, -0.15) is 0 Å². The first-order valence-electron chi connectivity index (χ1n) is 12.2. The number of hydrogen-bond acceptors (Lipinski definition) is 5. The Morgan fingerprint density at radius 2 is 1.74 bits per heavy atom. The number of carbonyl (C=O) groups excluding carboxylic acids is 2. The van der Waals surface area contributed by atoms with Gasteiger partial charge < -0.3 is 14.7 Å². The summed E-state index contributed by atoms with van der Waals surface area (Å²) < 4.78 is 5.91. The van der Waals surface area contributed by atoms with Crippen LogP contribution in [0.5, 0.6) is 5.75 Å². The average Bonchev–Trinajstić information content (AvgIpc) is 3.19. The molecule has 8 heteroatoms. The number of Topliss-reactive ketones (excluding diaryl/α,β-unsaturated/α-hetero) is 1. The number of carbonyl (C=O) groups is 2. The lowest BCUT2D eigenvalue weighted by atomic mass is 9.95. The molecular weight excluding hydrogens is 535 g/mol. The largest absolute Gasteiger partial charge is 0.507 e. The van der Waals surface area contributed by atoms with E-state index in [-0.39, 0.29) is 22.9 Å². The topological polar surface area (TPSA) is 79.7 Å². The van der Waals surface area contributed by atoms with Crippen LogP contribution in [0.2, 0.25) is 10.0 Å². The fraction of sp³-hybridized carbons (Fsp3) is 0.129. The van der Waals surface area contributed by atoms with Crippen LogP contribution in [0.3, 0.4) is 0 Å². The maximum absolute atomic E-state index is 13.3. The number of hydrogen-bond donors (Lipinski definition) is 1. The Morgan fingerprint density at radius 3 is 2.44 bits per heavy atom. The second-order valence-corrected chi connectivity index (χ2v) is 10.0. The van der Waals surface area contributed by atoms with E-state index in [4.69, 9.17) is 27.9 Å². The van der Waals surface area contributed by atoms with Gasteiger partial charge in [-0.3, -0.25) is 14.6 Å². The molecule has 0 radical (unpaired) electrons. The number of halogens is 2. The van der Waals surface area contributed by atoms with E-state index in [2.05, 4.69) is 4.98 Å². The fourth-order valence-corrected chi connectivity index (χ4v) is 4.86. The molecule has 1 N–H and O–H groups in total. The Bertz CT molecular complexity index is 1570. The molecule has 5 rings (SSSR count). The van der Waals surface area contributed by atoms with E-state index < -0.39 is 17.7 Å². The zero-order valence-corrected chi connectivity index (χ0v) is 22.5. The van der Waals surface area contributed by atoms with Crippen molar-refractivity contribution in [2.45, 2.75) is 26.1 Å². The molecule has 196 valence electrons. The molecule has 1 aromatic heterocycles. The van der Waals surface area contributed by atoms with Crippen LogP contribution in [0.25, 0.3) is 5.76 Å². The summed E-state index contributed by atoms with van der Waals surface area (Å²) in [6.45, 7) is 2.54. The maximum atomic E-state index is 13.3. The van der Waals surface area contributed by atoms with Gasteiger partial charge in [-0.15, -0.1) is 0 Å². The van der Waals surface area contributed by atoms with Gasteiger partial charge in [-0.1, -0.05) is 59.6 Å². The molecule has 1 saturated heterocycles. The van der Waals surface area contributed by atoms with Crippen LogP contribution in [0, 0.1) is 6.92 Å². The molecule has 1 fully saturated rings. The van der Waals surface area contributed by atoms with Crippen molar-refractivity contribution in [3.05, 3.63) is 135 Å². The van der Waals surface area contributed by atoms with E-state index in [0.29, 0.717) is 28.5 Å². The van der Waals surface area contributed by atoms with Crippen molar-refractivity contribution in [3.8, 4) is 5.75 Å². The fourth-order valence-electron chi connectivity index (χ4n) is 4.56. The molecule has 1 amide bonds. The Kier molecular flexibility index (Phi) is 7.68. The number of ketones is 1. The predicted octanol–water partition coefficient (Wildman–Crippen LogP) is 6.90. The lowest BCUT2D eigenvalue weighted by Crippen LogP contribution is -2.29. The second kappa shape index (κ2) is 11.3. The van der Waals surface area contributed by atoms with Crippen LogP contribution >= 0.6 is 23.2 Å². The van der Waals surface area contributed by atoms with E-state index in [9.17, 15) is 14.7 Å². The van der Waals surface area contributed by atoms with Gasteiger partial charge in [0, 0.05) is 24.5 Å². The number of benzene rings is 3. The average molecular weight is 559 g/mol. The van der Waals surface area contributed by atoms with Gasteiger partial charge in [0.25, 0.3) is 11.7 Å². The molecule has 0 bridgehead atoms. The van der Waals surface area contributed by atoms with Gasteiger partial charge in [0.2, 0.25) is 0 Å². The quantitative estimate of drug-likeness (QED) is 0.151. The molecule has 1 aliphatic rings. The van der Waals surface area contributed by atoms with E-state index in [1.165, 1.54) is 4.90 Å². The van der Waals surface area contributed by atoms with Crippen LogP contribution in [0.1, 0.15) is 33.9 Å². The summed E-state index contributed by atoms with van der Waals surface area (Å²) in [5, 5.41) is 12.0. The summed E-state index contributed by atoms with van der Waals surface area (Å²) in [7, 11) is 0. The minimum Gasteiger partial charge on any atom is -0.507 e. The van der Waals surface area contributed by atoms with Gasteiger partial charge >= 0.3 is 0 Å². The smallest absolute Gasteiger partial charge is 0.295 e. The van der Waals surface area contributed by atoms with E-state index >= 15 is 0 Å². The third-order valence-corrected chi connectivity index (χ3v) is 7.40. The molecule has 1 aliphatic heterocycles. The normalized spacial score (nSPS) is 16.5. The van der Waals surface area contributed by atoms with E-state index in [1.54, 1.807) is 60.9 Å². The van der Waals surface area contributed by atoms with Crippen LogP contribution in [-0.4, -0.2) is 26.7 Å². The lowest BCUT2D eigenvalue weighted by molar-refractivity contribution is -0.140. The van der Waals surface area contributed by atoms with Gasteiger partial charge in [0.15, 0.2) is 0 Å². The van der Waals surface area contributed by atoms with Gasteiger partial charge in [-0.25, -0.2) is 0 Å². The van der Waals surface area contributed by atoms with Crippen LogP contribution in [-0.2, 0) is 22.7 Å².